The number of hydrazone groups is 1. The molecule has 1 aliphatic heterocycles. The van der Waals surface area contributed by atoms with Gasteiger partial charge in [0.1, 0.15) is 11.8 Å². The molecule has 0 spiro atoms. The van der Waals surface area contributed by atoms with Crippen molar-refractivity contribution in [3.8, 4) is 0 Å². The van der Waals surface area contributed by atoms with Gasteiger partial charge < -0.3 is 4.42 Å². The van der Waals surface area contributed by atoms with Gasteiger partial charge in [-0.3, -0.25) is 9.69 Å². The van der Waals surface area contributed by atoms with Crippen LogP contribution in [0.1, 0.15) is 47.2 Å². The summed E-state index contributed by atoms with van der Waals surface area (Å²) in [6, 6.07) is 16.1. The number of likely N-dealkylation sites (N-methyl/N-ethyl adjacent to an activating group) is 1. The molecule has 29 heavy (non-hydrogen) atoms. The Morgan fingerprint density at radius 2 is 2.07 bits per heavy atom. The monoisotopic (exact) mass is 407 g/mol. The summed E-state index contributed by atoms with van der Waals surface area (Å²) in [6.45, 7) is 4.47. The van der Waals surface area contributed by atoms with Crippen LogP contribution < -0.4 is 0 Å². The van der Waals surface area contributed by atoms with Crippen LogP contribution in [0.15, 0.2) is 69.7 Å². The van der Waals surface area contributed by atoms with Crippen LogP contribution in [0.25, 0.3) is 0 Å². The lowest BCUT2D eigenvalue weighted by Gasteiger charge is -2.26. The normalized spacial score (nSPS) is 17.6. The molecule has 3 heterocycles. The lowest BCUT2D eigenvalue weighted by atomic mass is 10.0. The van der Waals surface area contributed by atoms with Gasteiger partial charge in [-0.1, -0.05) is 35.9 Å². The van der Waals surface area contributed by atoms with Crippen LogP contribution >= 0.6 is 11.3 Å². The average molecular weight is 408 g/mol. The van der Waals surface area contributed by atoms with E-state index in [1.54, 1.807) is 22.6 Å². The number of benzene rings is 1. The van der Waals surface area contributed by atoms with Crippen molar-refractivity contribution in [3.63, 3.8) is 0 Å². The van der Waals surface area contributed by atoms with E-state index >= 15 is 0 Å². The van der Waals surface area contributed by atoms with Crippen molar-refractivity contribution in [2.75, 3.05) is 13.6 Å². The van der Waals surface area contributed by atoms with Crippen LogP contribution in [0, 0.1) is 6.92 Å². The zero-order chi connectivity index (χ0) is 20.4. The molecule has 0 saturated heterocycles. The van der Waals surface area contributed by atoms with Crippen LogP contribution in [0.5, 0.6) is 0 Å². The van der Waals surface area contributed by atoms with Gasteiger partial charge in [-0.15, -0.1) is 11.3 Å². The van der Waals surface area contributed by atoms with Crippen molar-refractivity contribution >= 4 is 23.0 Å². The molecule has 0 bridgehead atoms. The fourth-order valence-electron chi connectivity index (χ4n) is 3.53. The Labute approximate surface area is 175 Å². The summed E-state index contributed by atoms with van der Waals surface area (Å²) in [5.41, 5.74) is 3.16. The number of nitrogens with zero attached hydrogens (tertiary/aromatic N) is 3. The summed E-state index contributed by atoms with van der Waals surface area (Å²) < 4.78 is 5.63. The third kappa shape index (κ3) is 4.18. The molecule has 3 aromatic rings. The number of aryl methyl sites for hydroxylation is 1. The van der Waals surface area contributed by atoms with E-state index in [-0.39, 0.29) is 18.0 Å². The SMILES string of the molecule is Cc1ccc(C2=NN(C(=O)CN(C)C(C)c3cccs3)C(c3ccco3)C2)cc1. The van der Waals surface area contributed by atoms with Crippen LogP contribution in [0.2, 0.25) is 0 Å². The Kier molecular flexibility index (Phi) is 5.65. The second kappa shape index (κ2) is 8.35. The number of hydrogen-bond donors (Lipinski definition) is 0. The topological polar surface area (TPSA) is 49.1 Å². The van der Waals surface area contributed by atoms with Gasteiger partial charge in [0.2, 0.25) is 0 Å². The first-order valence-electron chi connectivity index (χ1n) is 9.76. The quantitative estimate of drug-likeness (QED) is 0.576. The summed E-state index contributed by atoms with van der Waals surface area (Å²) >= 11 is 1.71. The molecule has 0 fully saturated rings. The van der Waals surface area contributed by atoms with Gasteiger partial charge in [0, 0.05) is 17.3 Å². The molecule has 0 N–H and O–H groups in total. The first kappa shape index (κ1) is 19.6. The second-order valence-electron chi connectivity index (χ2n) is 7.49. The molecule has 0 aliphatic carbocycles. The third-order valence-corrected chi connectivity index (χ3v) is 6.47. The first-order chi connectivity index (χ1) is 14.0. The van der Waals surface area contributed by atoms with Crippen LogP contribution in [0.3, 0.4) is 0 Å². The molecule has 6 heteroatoms. The Morgan fingerprint density at radius 3 is 2.72 bits per heavy atom. The Morgan fingerprint density at radius 1 is 1.28 bits per heavy atom. The minimum Gasteiger partial charge on any atom is -0.467 e. The van der Waals surface area contributed by atoms with Gasteiger partial charge in [-0.25, -0.2) is 5.01 Å². The van der Waals surface area contributed by atoms with Gasteiger partial charge in [-0.05, 0) is 50.0 Å². The van der Waals surface area contributed by atoms with Gasteiger partial charge in [0.15, 0.2) is 0 Å². The number of carbonyl (C=O) groups excluding carboxylic acids is 1. The van der Waals surface area contributed by atoms with Crippen LogP contribution in [-0.4, -0.2) is 35.1 Å². The molecule has 5 nitrogen and oxygen atoms in total. The van der Waals surface area contributed by atoms with Crippen molar-refractivity contribution in [2.45, 2.75) is 32.4 Å². The molecule has 2 unspecified atom stereocenters. The van der Waals surface area contributed by atoms with Crippen molar-refractivity contribution in [2.24, 2.45) is 5.10 Å². The fourth-order valence-corrected chi connectivity index (χ4v) is 4.38. The highest BCUT2D eigenvalue weighted by Crippen LogP contribution is 2.33. The van der Waals surface area contributed by atoms with E-state index < -0.39 is 0 Å². The lowest BCUT2D eigenvalue weighted by Crippen LogP contribution is -2.37. The van der Waals surface area contributed by atoms with Crippen LogP contribution in [-0.2, 0) is 4.79 Å². The Balaban J connectivity index is 1.55. The molecular weight excluding hydrogens is 382 g/mol. The van der Waals surface area contributed by atoms with Gasteiger partial charge in [0.05, 0.1) is 18.5 Å². The number of carbonyl (C=O) groups is 1. The summed E-state index contributed by atoms with van der Waals surface area (Å²) in [7, 11) is 1.98. The number of thiophene rings is 1. The van der Waals surface area contributed by atoms with Gasteiger partial charge in [0.25, 0.3) is 5.91 Å². The number of amides is 1. The smallest absolute Gasteiger partial charge is 0.257 e. The molecule has 4 rings (SSSR count). The zero-order valence-corrected chi connectivity index (χ0v) is 17.7. The maximum Gasteiger partial charge on any atom is 0.257 e. The van der Waals surface area contributed by atoms with Crippen molar-refractivity contribution in [3.05, 3.63) is 81.9 Å². The maximum absolute atomic E-state index is 13.2. The molecule has 1 amide bonds. The maximum atomic E-state index is 13.2. The van der Waals surface area contributed by atoms with E-state index in [9.17, 15) is 4.79 Å². The molecule has 2 atom stereocenters. The predicted octanol–water partition coefficient (Wildman–Crippen LogP) is 5.02. The van der Waals surface area contributed by atoms with E-state index in [1.165, 1.54) is 10.4 Å². The molecule has 0 saturated carbocycles. The lowest BCUT2D eigenvalue weighted by molar-refractivity contribution is -0.134. The molecule has 150 valence electrons. The third-order valence-electron chi connectivity index (χ3n) is 5.42. The number of rotatable bonds is 6. The molecule has 2 aromatic heterocycles. The minimum atomic E-state index is -0.209. The highest BCUT2D eigenvalue weighted by Gasteiger charge is 2.35. The second-order valence-corrected chi connectivity index (χ2v) is 8.47. The highest BCUT2D eigenvalue weighted by molar-refractivity contribution is 7.10. The van der Waals surface area contributed by atoms with E-state index in [0.29, 0.717) is 13.0 Å². The number of hydrogen-bond acceptors (Lipinski definition) is 5. The molecule has 1 aliphatic rings. The van der Waals surface area contributed by atoms with E-state index in [2.05, 4.69) is 54.5 Å². The molecule has 1 aromatic carbocycles. The minimum absolute atomic E-state index is 0.0283. The van der Waals surface area contributed by atoms with Crippen molar-refractivity contribution in [1.82, 2.24) is 9.91 Å². The summed E-state index contributed by atoms with van der Waals surface area (Å²) in [5.74, 6) is 0.734. The highest BCUT2D eigenvalue weighted by atomic mass is 32.1. The van der Waals surface area contributed by atoms with Crippen LogP contribution in [0.4, 0.5) is 0 Å². The fraction of sp³-hybridized carbons (Fsp3) is 0.304. The van der Waals surface area contributed by atoms with E-state index in [4.69, 9.17) is 9.52 Å². The molecule has 0 radical (unpaired) electrons. The van der Waals surface area contributed by atoms with E-state index in [1.807, 2.05) is 25.2 Å². The molecular formula is C23H25N3O2S. The standard InChI is InChI=1S/C23H25N3O2S/c1-16-8-10-18(11-9-16)19-14-20(21-6-4-12-28-21)26(24-19)23(27)15-25(3)17(2)22-7-5-13-29-22/h4-13,17,20H,14-15H2,1-3H3. The Bertz CT molecular complexity index is 978. The van der Waals surface area contributed by atoms with Gasteiger partial charge >= 0.3 is 0 Å². The van der Waals surface area contributed by atoms with E-state index in [0.717, 1.165) is 17.0 Å². The Hall–Kier alpha value is -2.70. The summed E-state index contributed by atoms with van der Waals surface area (Å²) in [4.78, 5) is 16.5. The summed E-state index contributed by atoms with van der Waals surface area (Å²) in [5, 5.41) is 8.38. The first-order valence-corrected chi connectivity index (χ1v) is 10.6. The van der Waals surface area contributed by atoms with Crippen molar-refractivity contribution in [1.29, 1.82) is 0 Å². The van der Waals surface area contributed by atoms with Crippen molar-refractivity contribution < 1.29 is 9.21 Å². The zero-order valence-electron chi connectivity index (χ0n) is 16.9. The number of furan rings is 1. The van der Waals surface area contributed by atoms with Gasteiger partial charge in [-0.2, -0.15) is 5.10 Å². The largest absolute Gasteiger partial charge is 0.467 e. The summed E-state index contributed by atoms with van der Waals surface area (Å²) in [6.07, 6.45) is 2.29. The average Bonchev–Trinajstić information content (AvgIpc) is 3.48. The predicted molar refractivity (Wildman–Crippen MR) is 116 cm³/mol.